The number of rotatable bonds is 5. The van der Waals surface area contributed by atoms with Gasteiger partial charge in [-0.25, -0.2) is 13.1 Å². The lowest BCUT2D eigenvalue weighted by Crippen LogP contribution is -2.28. The van der Waals surface area contributed by atoms with Crippen LogP contribution in [0.2, 0.25) is 0 Å². The van der Waals surface area contributed by atoms with Crippen LogP contribution in [0.5, 0.6) is 0 Å². The average Bonchev–Trinajstić information content (AvgIpc) is 3.14. The molecule has 8 heteroatoms. The van der Waals surface area contributed by atoms with Gasteiger partial charge in [0.2, 0.25) is 5.91 Å². The Balaban J connectivity index is 1.73. The van der Waals surface area contributed by atoms with E-state index in [9.17, 15) is 18.0 Å². The van der Waals surface area contributed by atoms with E-state index in [0.717, 1.165) is 18.1 Å². The molecule has 2 aromatic carbocycles. The lowest BCUT2D eigenvalue weighted by Gasteiger charge is -2.07. The van der Waals surface area contributed by atoms with Gasteiger partial charge in [-0.05, 0) is 67.4 Å². The number of aryl methyl sites for hydroxylation is 2. The van der Waals surface area contributed by atoms with Crippen LogP contribution in [0.3, 0.4) is 0 Å². The minimum absolute atomic E-state index is 0.0827. The van der Waals surface area contributed by atoms with Gasteiger partial charge in [-0.2, -0.15) is 0 Å². The Morgan fingerprint density at radius 2 is 1.59 bits per heavy atom. The van der Waals surface area contributed by atoms with Gasteiger partial charge in [0.15, 0.2) is 5.76 Å². The van der Waals surface area contributed by atoms with Gasteiger partial charge in [0, 0.05) is 18.2 Å². The van der Waals surface area contributed by atoms with Gasteiger partial charge in [-0.15, -0.1) is 0 Å². The molecule has 7 nitrogen and oxygen atoms in total. The van der Waals surface area contributed by atoms with Crippen molar-refractivity contribution in [1.82, 2.24) is 4.72 Å². The third-order valence-electron chi connectivity index (χ3n) is 4.32. The zero-order valence-electron chi connectivity index (χ0n) is 16.1. The Bertz CT molecular complexity index is 1180. The van der Waals surface area contributed by atoms with E-state index >= 15 is 0 Å². The van der Waals surface area contributed by atoms with Gasteiger partial charge in [0.05, 0.1) is 4.90 Å². The number of amides is 2. The number of carbonyl (C=O) groups is 2. The van der Waals surface area contributed by atoms with Gasteiger partial charge < -0.3 is 9.73 Å². The molecule has 150 valence electrons. The van der Waals surface area contributed by atoms with E-state index in [4.69, 9.17) is 4.42 Å². The molecule has 3 rings (SSSR count). The Labute approximate surface area is 168 Å². The van der Waals surface area contributed by atoms with Crippen LogP contribution in [-0.4, -0.2) is 20.2 Å². The number of anilines is 1. The predicted molar refractivity (Wildman–Crippen MR) is 109 cm³/mol. The molecule has 0 spiro atoms. The van der Waals surface area contributed by atoms with Gasteiger partial charge in [-0.1, -0.05) is 12.1 Å². The lowest BCUT2D eigenvalue weighted by atomic mass is 10.1. The first-order valence-corrected chi connectivity index (χ1v) is 10.3. The number of furan rings is 1. The second-order valence-corrected chi connectivity index (χ2v) is 8.29. The highest BCUT2D eigenvalue weighted by Crippen LogP contribution is 2.25. The molecule has 2 N–H and O–H groups in total. The molecule has 29 heavy (non-hydrogen) atoms. The highest BCUT2D eigenvalue weighted by molar-refractivity contribution is 7.90. The molecule has 0 radical (unpaired) electrons. The van der Waals surface area contributed by atoms with Crippen LogP contribution < -0.4 is 10.0 Å². The van der Waals surface area contributed by atoms with Crippen molar-refractivity contribution in [2.24, 2.45) is 0 Å². The maximum absolute atomic E-state index is 12.4. The Morgan fingerprint density at radius 1 is 0.897 bits per heavy atom. The molecule has 2 amide bonds. The quantitative estimate of drug-likeness (QED) is 0.666. The first-order valence-electron chi connectivity index (χ1n) is 8.78. The normalized spacial score (nSPS) is 11.1. The Morgan fingerprint density at radius 3 is 2.21 bits per heavy atom. The average molecular weight is 412 g/mol. The Hall–Kier alpha value is -3.39. The van der Waals surface area contributed by atoms with Gasteiger partial charge in [0.25, 0.3) is 15.9 Å². The van der Waals surface area contributed by atoms with Crippen LogP contribution in [0.4, 0.5) is 5.69 Å². The first kappa shape index (κ1) is 20.3. The van der Waals surface area contributed by atoms with E-state index in [2.05, 4.69) is 5.32 Å². The van der Waals surface area contributed by atoms with Crippen molar-refractivity contribution in [1.29, 1.82) is 0 Å². The summed E-state index contributed by atoms with van der Waals surface area (Å²) in [6.07, 6.45) is 0. The zero-order valence-corrected chi connectivity index (χ0v) is 17.0. The molecule has 0 bridgehead atoms. The molecule has 3 aromatic rings. The minimum atomic E-state index is -3.92. The molecule has 0 saturated carbocycles. The summed E-state index contributed by atoms with van der Waals surface area (Å²) in [5.74, 6) is -0.430. The maximum atomic E-state index is 12.4. The summed E-state index contributed by atoms with van der Waals surface area (Å²) in [7, 11) is -3.92. The van der Waals surface area contributed by atoms with Crippen LogP contribution in [0, 0.1) is 13.8 Å². The van der Waals surface area contributed by atoms with Crippen molar-refractivity contribution in [3.05, 3.63) is 71.5 Å². The smallest absolute Gasteiger partial charge is 0.291 e. The molecule has 0 aliphatic rings. The van der Waals surface area contributed by atoms with E-state index in [1.54, 1.807) is 12.1 Å². The van der Waals surface area contributed by atoms with Crippen molar-refractivity contribution in [2.45, 2.75) is 25.7 Å². The van der Waals surface area contributed by atoms with E-state index in [0.29, 0.717) is 11.4 Å². The van der Waals surface area contributed by atoms with Crippen molar-refractivity contribution >= 4 is 27.5 Å². The van der Waals surface area contributed by atoms with Crippen LogP contribution >= 0.6 is 0 Å². The number of carbonyl (C=O) groups excluding carboxylic acids is 2. The van der Waals surface area contributed by atoms with Crippen molar-refractivity contribution in [3.8, 4) is 11.3 Å². The van der Waals surface area contributed by atoms with Gasteiger partial charge in [0.1, 0.15) is 5.76 Å². The number of hydrogen-bond donors (Lipinski definition) is 2. The van der Waals surface area contributed by atoms with Gasteiger partial charge in [-0.3, -0.25) is 9.59 Å². The summed E-state index contributed by atoms with van der Waals surface area (Å²) in [6, 6.07) is 14.7. The fraction of sp³-hybridized carbons (Fsp3) is 0.143. The largest absolute Gasteiger partial charge is 0.451 e. The third kappa shape index (κ3) is 4.72. The lowest BCUT2D eigenvalue weighted by molar-refractivity contribution is -0.117. The van der Waals surface area contributed by atoms with E-state index < -0.39 is 21.8 Å². The van der Waals surface area contributed by atoms with Crippen molar-refractivity contribution in [3.63, 3.8) is 0 Å². The summed E-state index contributed by atoms with van der Waals surface area (Å²) < 4.78 is 31.4. The van der Waals surface area contributed by atoms with E-state index in [1.165, 1.54) is 29.8 Å². The summed E-state index contributed by atoms with van der Waals surface area (Å²) in [5.41, 5.74) is 3.56. The maximum Gasteiger partial charge on any atom is 0.291 e. The second kappa shape index (κ2) is 7.92. The summed E-state index contributed by atoms with van der Waals surface area (Å²) in [5, 5.41) is 2.65. The molecular formula is C21H20N2O5S. The third-order valence-corrected chi connectivity index (χ3v) is 5.77. The molecular weight excluding hydrogens is 392 g/mol. The number of nitrogens with one attached hydrogen (secondary N) is 2. The Kier molecular flexibility index (Phi) is 5.56. The van der Waals surface area contributed by atoms with Crippen molar-refractivity contribution in [2.75, 3.05) is 5.32 Å². The van der Waals surface area contributed by atoms with Crippen LogP contribution in [0.25, 0.3) is 11.3 Å². The standard InChI is InChI=1S/C21H20N2O5S/c1-13-4-5-16(12-14(13)2)19-10-11-20(28-19)21(25)22-17-6-8-18(9-7-17)29(26,27)23-15(3)24/h4-12H,1-3H3,(H,22,25)(H,23,24). The zero-order chi connectivity index (χ0) is 21.2. The molecule has 1 heterocycles. The number of benzene rings is 2. The fourth-order valence-electron chi connectivity index (χ4n) is 2.67. The van der Waals surface area contributed by atoms with Gasteiger partial charge >= 0.3 is 0 Å². The van der Waals surface area contributed by atoms with Crippen LogP contribution in [0.15, 0.2) is 63.9 Å². The molecule has 0 aliphatic heterocycles. The van der Waals surface area contributed by atoms with E-state index in [-0.39, 0.29) is 10.7 Å². The summed E-state index contributed by atoms with van der Waals surface area (Å²) >= 11 is 0. The highest BCUT2D eigenvalue weighted by atomic mass is 32.2. The minimum Gasteiger partial charge on any atom is -0.451 e. The highest BCUT2D eigenvalue weighted by Gasteiger charge is 2.16. The summed E-state index contributed by atoms with van der Waals surface area (Å²) in [6.45, 7) is 5.14. The molecule has 0 atom stereocenters. The van der Waals surface area contributed by atoms with Crippen LogP contribution in [-0.2, 0) is 14.8 Å². The second-order valence-electron chi connectivity index (χ2n) is 6.60. The fourth-order valence-corrected chi connectivity index (χ4v) is 3.66. The van der Waals surface area contributed by atoms with E-state index in [1.807, 2.05) is 36.8 Å². The van der Waals surface area contributed by atoms with Crippen molar-refractivity contribution < 1.29 is 22.4 Å². The molecule has 0 aliphatic carbocycles. The number of sulfonamides is 1. The molecule has 0 saturated heterocycles. The molecule has 0 fully saturated rings. The summed E-state index contributed by atoms with van der Waals surface area (Å²) in [4.78, 5) is 23.3. The monoisotopic (exact) mass is 412 g/mol. The van der Waals surface area contributed by atoms with Crippen LogP contribution in [0.1, 0.15) is 28.6 Å². The SMILES string of the molecule is CC(=O)NS(=O)(=O)c1ccc(NC(=O)c2ccc(-c3ccc(C)c(C)c3)o2)cc1. The first-order chi connectivity index (χ1) is 13.7. The number of hydrogen-bond acceptors (Lipinski definition) is 5. The molecule has 1 aromatic heterocycles. The predicted octanol–water partition coefficient (Wildman–Crippen LogP) is 3.64. The topological polar surface area (TPSA) is 105 Å². The molecule has 0 unspecified atom stereocenters.